The molecule has 58 heavy (non-hydrogen) atoms. The van der Waals surface area contributed by atoms with E-state index in [1.807, 2.05) is 0 Å². The van der Waals surface area contributed by atoms with Crippen LogP contribution in [0.5, 0.6) is 0 Å². The molecule has 0 fully saturated rings. The van der Waals surface area contributed by atoms with Gasteiger partial charge in [-0.3, -0.25) is 0 Å². The van der Waals surface area contributed by atoms with Crippen LogP contribution in [-0.4, -0.2) is 0 Å². The van der Waals surface area contributed by atoms with Crippen molar-refractivity contribution in [1.29, 1.82) is 0 Å². The van der Waals surface area contributed by atoms with Crippen LogP contribution in [0.25, 0.3) is 98.7 Å². The molecule has 0 N–H and O–H groups in total. The summed E-state index contributed by atoms with van der Waals surface area (Å²) in [5, 5.41) is 10.3. The van der Waals surface area contributed by atoms with Crippen LogP contribution in [0, 0.1) is 0 Å². The number of rotatable bonds is 3. The second-order valence-corrected chi connectivity index (χ2v) is 17.6. The van der Waals surface area contributed by atoms with E-state index >= 15 is 0 Å². The first-order chi connectivity index (χ1) is 28.3. The summed E-state index contributed by atoms with van der Waals surface area (Å²) in [5.74, 6) is 0. The van der Waals surface area contributed by atoms with Gasteiger partial charge in [0.15, 0.2) is 0 Å². The molecule has 0 aliphatic heterocycles. The summed E-state index contributed by atoms with van der Waals surface area (Å²) < 4.78 is 0. The molecule has 10 aromatic rings. The fourth-order valence-corrected chi connectivity index (χ4v) is 11.0. The van der Waals surface area contributed by atoms with Crippen molar-refractivity contribution in [3.8, 4) is 55.6 Å². The van der Waals surface area contributed by atoms with Crippen LogP contribution in [0.1, 0.15) is 49.9 Å². The summed E-state index contributed by atoms with van der Waals surface area (Å²) in [5.41, 5.74) is 18.6. The van der Waals surface area contributed by atoms with Crippen molar-refractivity contribution >= 4 is 43.1 Å². The van der Waals surface area contributed by atoms with Crippen molar-refractivity contribution in [3.63, 3.8) is 0 Å². The average Bonchev–Trinajstić information content (AvgIpc) is 3.64. The van der Waals surface area contributed by atoms with Crippen LogP contribution in [0.15, 0.2) is 182 Å². The number of benzene rings is 10. The lowest BCUT2D eigenvalue weighted by Gasteiger charge is -2.24. The van der Waals surface area contributed by atoms with Gasteiger partial charge in [0.1, 0.15) is 0 Å². The predicted octanol–water partition coefficient (Wildman–Crippen LogP) is 15.9. The molecule has 0 heterocycles. The Balaban J connectivity index is 1.01. The van der Waals surface area contributed by atoms with Crippen LogP contribution in [0.4, 0.5) is 0 Å². The number of hydrogen-bond acceptors (Lipinski definition) is 0. The fourth-order valence-electron chi connectivity index (χ4n) is 11.0. The largest absolute Gasteiger partial charge is 0.0619 e. The van der Waals surface area contributed by atoms with Gasteiger partial charge >= 0.3 is 0 Å². The second-order valence-electron chi connectivity index (χ2n) is 17.6. The minimum absolute atomic E-state index is 0.0181. The highest BCUT2D eigenvalue weighted by atomic mass is 14.4. The Hall–Kier alpha value is -6.76. The predicted molar refractivity (Wildman–Crippen MR) is 248 cm³/mol. The lowest BCUT2D eigenvalue weighted by atomic mass is 9.79. The smallest absolute Gasteiger partial charge is 0.0159 e. The van der Waals surface area contributed by atoms with E-state index in [2.05, 4.69) is 210 Å². The zero-order chi connectivity index (χ0) is 38.9. The van der Waals surface area contributed by atoms with Crippen molar-refractivity contribution in [2.45, 2.75) is 38.5 Å². The highest BCUT2D eigenvalue weighted by molar-refractivity contribution is 6.23. The van der Waals surface area contributed by atoms with Crippen molar-refractivity contribution in [1.82, 2.24) is 0 Å². The maximum atomic E-state index is 2.50. The Kier molecular flexibility index (Phi) is 6.84. The molecule has 0 amide bonds. The van der Waals surface area contributed by atoms with Gasteiger partial charge in [0.25, 0.3) is 0 Å². The third-order valence-corrected chi connectivity index (χ3v) is 13.9. The summed E-state index contributed by atoms with van der Waals surface area (Å²) >= 11 is 0. The number of hydrogen-bond donors (Lipinski definition) is 0. The van der Waals surface area contributed by atoms with E-state index in [4.69, 9.17) is 0 Å². The Morgan fingerprint density at radius 3 is 1.47 bits per heavy atom. The molecular formula is C58H42. The Labute approximate surface area is 340 Å². The third kappa shape index (κ3) is 4.46. The van der Waals surface area contributed by atoms with E-state index in [1.165, 1.54) is 121 Å². The molecule has 2 aliphatic rings. The van der Waals surface area contributed by atoms with Crippen LogP contribution in [0.2, 0.25) is 0 Å². The summed E-state index contributed by atoms with van der Waals surface area (Å²) in [6.45, 7) is 9.57. The van der Waals surface area contributed by atoms with Gasteiger partial charge in [0, 0.05) is 10.8 Å². The molecule has 12 rings (SSSR count). The first-order valence-electron chi connectivity index (χ1n) is 20.7. The van der Waals surface area contributed by atoms with Crippen LogP contribution < -0.4 is 0 Å². The van der Waals surface area contributed by atoms with Crippen molar-refractivity contribution in [3.05, 3.63) is 204 Å². The molecule has 0 aromatic heterocycles. The van der Waals surface area contributed by atoms with Gasteiger partial charge in [-0.15, -0.1) is 0 Å². The molecule has 274 valence electrons. The lowest BCUT2D eigenvalue weighted by molar-refractivity contribution is 0.660. The average molecular weight is 739 g/mol. The normalized spacial score (nSPS) is 14.5. The van der Waals surface area contributed by atoms with Crippen LogP contribution in [-0.2, 0) is 10.8 Å². The maximum Gasteiger partial charge on any atom is 0.0159 e. The van der Waals surface area contributed by atoms with Gasteiger partial charge in [0.05, 0.1) is 0 Å². The molecule has 10 aromatic carbocycles. The van der Waals surface area contributed by atoms with Crippen LogP contribution >= 0.6 is 0 Å². The molecule has 0 heteroatoms. The molecule has 0 saturated heterocycles. The Morgan fingerprint density at radius 1 is 0.259 bits per heavy atom. The second kappa shape index (κ2) is 11.9. The molecule has 0 nitrogen and oxygen atoms in total. The molecule has 0 spiro atoms. The van der Waals surface area contributed by atoms with E-state index in [1.54, 1.807) is 0 Å². The first-order valence-corrected chi connectivity index (χ1v) is 20.7. The maximum absolute atomic E-state index is 2.50. The van der Waals surface area contributed by atoms with E-state index in [0.29, 0.717) is 0 Å². The first kappa shape index (κ1) is 33.4. The minimum atomic E-state index is -0.181. The van der Waals surface area contributed by atoms with Gasteiger partial charge in [-0.1, -0.05) is 198 Å². The molecule has 2 aliphatic carbocycles. The highest BCUT2D eigenvalue weighted by Gasteiger charge is 2.38. The fraction of sp³-hybridized carbons (Fsp3) is 0.103. The topological polar surface area (TPSA) is 0 Å². The summed E-state index contributed by atoms with van der Waals surface area (Å²) in [6.07, 6.45) is 0. The molecule has 0 radical (unpaired) electrons. The van der Waals surface area contributed by atoms with Gasteiger partial charge in [0.2, 0.25) is 0 Å². The van der Waals surface area contributed by atoms with Gasteiger partial charge in [-0.2, -0.15) is 0 Å². The Morgan fingerprint density at radius 2 is 0.741 bits per heavy atom. The van der Waals surface area contributed by atoms with E-state index in [0.717, 1.165) is 0 Å². The number of fused-ring (bicyclic) bond motifs is 11. The van der Waals surface area contributed by atoms with Gasteiger partial charge in [-0.05, 0) is 133 Å². The molecule has 0 atom stereocenters. The highest BCUT2D eigenvalue weighted by Crippen LogP contribution is 2.54. The summed E-state index contributed by atoms with van der Waals surface area (Å²) in [4.78, 5) is 0. The molecule has 0 saturated carbocycles. The standard InChI is InChI=1S/C58H42/c1-57(2)50-26-12-11-22-49(50)56-44-25-14-23-39(40(44)31-32-51(56)57)36-27-29-41-42-30-28-37(34-53(42)58(3,4)52(41)33-36)54-45-18-7-9-20-47(45)55(48-21-10-8-19-46(48)54)43-24-13-16-35-15-5-6-17-38(35)43/h5-34H,1-4H3. The van der Waals surface area contributed by atoms with Crippen molar-refractivity contribution < 1.29 is 0 Å². The van der Waals surface area contributed by atoms with Crippen LogP contribution in [0.3, 0.4) is 0 Å². The molecule has 0 bridgehead atoms. The van der Waals surface area contributed by atoms with E-state index in [-0.39, 0.29) is 10.8 Å². The van der Waals surface area contributed by atoms with Gasteiger partial charge in [-0.25, -0.2) is 0 Å². The Bertz CT molecular complexity index is 3330. The van der Waals surface area contributed by atoms with Crippen molar-refractivity contribution in [2.75, 3.05) is 0 Å². The molecular weight excluding hydrogens is 697 g/mol. The molecule has 0 unspecified atom stereocenters. The quantitative estimate of drug-likeness (QED) is 0.158. The van der Waals surface area contributed by atoms with Crippen molar-refractivity contribution in [2.24, 2.45) is 0 Å². The lowest BCUT2D eigenvalue weighted by Crippen LogP contribution is -2.15. The summed E-state index contributed by atoms with van der Waals surface area (Å²) in [7, 11) is 0. The zero-order valence-electron chi connectivity index (χ0n) is 33.3. The monoisotopic (exact) mass is 738 g/mol. The third-order valence-electron chi connectivity index (χ3n) is 13.9. The SMILES string of the molecule is CC1(C)c2cc(-c3cccc4c5c(ccc34)C(C)(C)c3ccccc3-5)ccc2-c2ccc(-c3c4ccccc4c(-c4cccc5ccccc45)c4ccccc34)cc21. The van der Waals surface area contributed by atoms with E-state index < -0.39 is 0 Å². The minimum Gasteiger partial charge on any atom is -0.0619 e. The van der Waals surface area contributed by atoms with E-state index in [9.17, 15) is 0 Å². The van der Waals surface area contributed by atoms with Gasteiger partial charge < -0.3 is 0 Å². The summed E-state index contributed by atoms with van der Waals surface area (Å²) in [6, 6.07) is 68.7. The zero-order valence-corrected chi connectivity index (χ0v) is 33.3.